The number of rotatable bonds is 0. The molecule has 0 aromatic rings. The van der Waals surface area contributed by atoms with Gasteiger partial charge in [0.15, 0.2) is 0 Å². The molecule has 6 N–H and O–H groups in total. The molecule has 0 aromatic heterocycles. The Morgan fingerprint density at radius 3 is 1.33 bits per heavy atom. The highest BCUT2D eigenvalue weighted by molar-refractivity contribution is 7.45. The second-order valence-electron chi connectivity index (χ2n) is 0.830. The van der Waals surface area contributed by atoms with Crippen molar-refractivity contribution in [2.45, 2.75) is 6.92 Å². The van der Waals surface area contributed by atoms with Crippen molar-refractivity contribution < 1.29 is 29.8 Å². The molecule has 0 aliphatic rings. The number of hydrogen-bond donors (Lipinski definition) is 4. The van der Waals surface area contributed by atoms with Gasteiger partial charge in [0, 0.05) is 6.61 Å². The number of hydrogen-bond acceptors (Lipinski definition) is 2. The minimum atomic E-state index is -4.64. The van der Waals surface area contributed by atoms with E-state index >= 15 is 0 Å². The largest absolute Gasteiger partial charge is 0.466 e. The molecule has 7 heteroatoms. The summed E-state index contributed by atoms with van der Waals surface area (Å²) in [5.41, 5.74) is 0. The van der Waals surface area contributed by atoms with Crippen molar-refractivity contribution in [3.8, 4) is 0 Å². The van der Waals surface area contributed by atoms with Crippen LogP contribution in [0.3, 0.4) is 0 Å². The Labute approximate surface area is 52.3 Å². The highest BCUT2D eigenvalue weighted by atomic mass is 31.2. The first-order chi connectivity index (χ1) is 3.41. The van der Waals surface area contributed by atoms with Crippen LogP contribution in [0.1, 0.15) is 6.92 Å². The van der Waals surface area contributed by atoms with Gasteiger partial charge in [-0.1, -0.05) is 0 Å². The second kappa shape index (κ2) is 8.03. The third kappa shape index (κ3) is 324000. The molecule has 0 fully saturated rings. The number of aliphatic hydroxyl groups excluding tert-OH is 1. The molecule has 0 saturated carbocycles. The molecular formula is C2H11O6P. The fourth-order valence-electron chi connectivity index (χ4n) is 0. The van der Waals surface area contributed by atoms with E-state index in [1.807, 2.05) is 0 Å². The summed E-state index contributed by atoms with van der Waals surface area (Å²) in [5.74, 6) is 0. The average molecular weight is 162 g/mol. The van der Waals surface area contributed by atoms with Gasteiger partial charge in [-0.2, -0.15) is 0 Å². The Kier molecular flexibility index (Phi) is 14.3. The van der Waals surface area contributed by atoms with Gasteiger partial charge in [0.1, 0.15) is 0 Å². The van der Waals surface area contributed by atoms with Gasteiger partial charge in [-0.3, -0.25) is 0 Å². The molecule has 9 heavy (non-hydrogen) atoms. The van der Waals surface area contributed by atoms with Crippen molar-refractivity contribution in [2.24, 2.45) is 0 Å². The van der Waals surface area contributed by atoms with Crippen molar-refractivity contribution in [2.75, 3.05) is 6.61 Å². The highest BCUT2D eigenvalue weighted by Gasteiger charge is 2.00. The molecule has 0 heterocycles. The van der Waals surface area contributed by atoms with Crippen LogP contribution < -0.4 is 0 Å². The van der Waals surface area contributed by atoms with E-state index in [-0.39, 0.29) is 12.1 Å². The minimum Gasteiger partial charge on any atom is -0.412 e. The quantitative estimate of drug-likeness (QED) is 0.313. The molecule has 0 atom stereocenters. The van der Waals surface area contributed by atoms with E-state index in [1.54, 1.807) is 6.92 Å². The van der Waals surface area contributed by atoms with E-state index < -0.39 is 7.82 Å². The Hall–Kier alpha value is 0.0300. The molecule has 0 rings (SSSR count). The first-order valence-corrected chi connectivity index (χ1v) is 3.37. The average Bonchev–Trinajstić information content (AvgIpc) is 1.27. The topological polar surface area (TPSA) is 129 Å². The lowest BCUT2D eigenvalue weighted by atomic mass is 10.9. The van der Waals surface area contributed by atoms with Crippen LogP contribution in [0.15, 0.2) is 0 Å². The molecule has 6 nitrogen and oxygen atoms in total. The summed E-state index contributed by atoms with van der Waals surface area (Å²) in [5, 5.41) is 7.57. The van der Waals surface area contributed by atoms with Crippen LogP contribution in [-0.4, -0.2) is 31.9 Å². The summed E-state index contributed by atoms with van der Waals surface area (Å²) in [6, 6.07) is 0. The third-order valence-electron chi connectivity index (χ3n) is 0. The molecule has 0 unspecified atom stereocenters. The normalized spacial score (nSPS) is 8.56. The van der Waals surface area contributed by atoms with Gasteiger partial charge < -0.3 is 25.3 Å². The number of aliphatic hydroxyl groups is 1. The second-order valence-corrected chi connectivity index (χ2v) is 1.86. The molecule has 0 aliphatic carbocycles. The predicted molar refractivity (Wildman–Crippen MR) is 30.6 cm³/mol. The van der Waals surface area contributed by atoms with Crippen LogP contribution in [0.4, 0.5) is 0 Å². The Morgan fingerprint density at radius 1 is 1.33 bits per heavy atom. The van der Waals surface area contributed by atoms with E-state index in [2.05, 4.69) is 0 Å². The van der Waals surface area contributed by atoms with E-state index in [0.29, 0.717) is 0 Å². The van der Waals surface area contributed by atoms with E-state index in [0.717, 1.165) is 0 Å². The van der Waals surface area contributed by atoms with Crippen LogP contribution >= 0.6 is 7.82 Å². The van der Waals surface area contributed by atoms with Gasteiger partial charge in [-0.25, -0.2) is 4.57 Å². The van der Waals surface area contributed by atoms with Gasteiger partial charge in [0.25, 0.3) is 0 Å². The zero-order chi connectivity index (χ0) is 7.21. The predicted octanol–water partition coefficient (Wildman–Crippen LogP) is -1.75. The van der Waals surface area contributed by atoms with Gasteiger partial charge in [0.05, 0.1) is 0 Å². The lowest BCUT2D eigenvalue weighted by molar-refractivity contribution is 0.275. The van der Waals surface area contributed by atoms with E-state index in [9.17, 15) is 0 Å². The molecule has 0 aliphatic heterocycles. The molecule has 0 amide bonds. The highest BCUT2D eigenvalue weighted by Crippen LogP contribution is 2.25. The summed E-state index contributed by atoms with van der Waals surface area (Å²) in [6.07, 6.45) is 0. The first kappa shape index (κ1) is 16.0. The van der Waals surface area contributed by atoms with Crippen LogP contribution in [0.5, 0.6) is 0 Å². The number of phosphoric acid groups is 1. The van der Waals surface area contributed by atoms with Crippen molar-refractivity contribution in [3.05, 3.63) is 0 Å². The Balaban J connectivity index is -0.0000000800. The molecule has 60 valence electrons. The van der Waals surface area contributed by atoms with Gasteiger partial charge in [0.2, 0.25) is 0 Å². The first-order valence-electron chi connectivity index (χ1n) is 1.81. The molecular weight excluding hydrogens is 151 g/mol. The molecule has 0 saturated heterocycles. The fraction of sp³-hybridized carbons (Fsp3) is 1.00. The van der Waals surface area contributed by atoms with E-state index in [1.165, 1.54) is 0 Å². The third-order valence-corrected chi connectivity index (χ3v) is 0. The van der Waals surface area contributed by atoms with Crippen LogP contribution in [-0.2, 0) is 4.57 Å². The van der Waals surface area contributed by atoms with Crippen LogP contribution in [0.2, 0.25) is 0 Å². The summed E-state index contributed by atoms with van der Waals surface area (Å²) >= 11 is 0. The van der Waals surface area contributed by atoms with Gasteiger partial charge in [-0.05, 0) is 6.92 Å². The lowest BCUT2D eigenvalue weighted by Crippen LogP contribution is -1.66. The SMILES string of the molecule is CCO.O.O=P(O)(O)O. The zero-order valence-corrected chi connectivity index (χ0v) is 5.75. The minimum absolute atomic E-state index is 0. The fourth-order valence-corrected chi connectivity index (χ4v) is 0. The maximum Gasteiger partial charge on any atom is 0.466 e. The van der Waals surface area contributed by atoms with E-state index in [4.69, 9.17) is 24.4 Å². The smallest absolute Gasteiger partial charge is 0.412 e. The van der Waals surface area contributed by atoms with Crippen molar-refractivity contribution in [1.29, 1.82) is 0 Å². The van der Waals surface area contributed by atoms with Crippen molar-refractivity contribution in [3.63, 3.8) is 0 Å². The monoisotopic (exact) mass is 162 g/mol. The lowest BCUT2D eigenvalue weighted by Gasteiger charge is -1.82. The molecule has 0 spiro atoms. The summed E-state index contributed by atoms with van der Waals surface area (Å²) in [7, 11) is -4.64. The summed E-state index contributed by atoms with van der Waals surface area (Å²) in [4.78, 5) is 21.6. The Morgan fingerprint density at radius 2 is 1.33 bits per heavy atom. The molecule has 0 radical (unpaired) electrons. The summed E-state index contributed by atoms with van der Waals surface area (Å²) in [6.45, 7) is 1.93. The van der Waals surface area contributed by atoms with Gasteiger partial charge in [-0.15, -0.1) is 0 Å². The zero-order valence-electron chi connectivity index (χ0n) is 4.85. The summed E-state index contributed by atoms with van der Waals surface area (Å²) < 4.78 is 8.88. The van der Waals surface area contributed by atoms with Crippen LogP contribution in [0, 0.1) is 0 Å². The Bertz CT molecular complexity index is 66.9. The van der Waals surface area contributed by atoms with Crippen molar-refractivity contribution >= 4 is 7.82 Å². The molecule has 0 bridgehead atoms. The standard InChI is InChI=1S/C2H6O.H3O4P.H2O/c1-2-3;1-5(2,3)4;/h3H,2H2,1H3;(H3,1,2,3,4);1H2. The molecule has 0 aromatic carbocycles. The maximum atomic E-state index is 8.88. The maximum absolute atomic E-state index is 8.88. The van der Waals surface area contributed by atoms with Crippen LogP contribution in [0.25, 0.3) is 0 Å². The van der Waals surface area contributed by atoms with Gasteiger partial charge >= 0.3 is 7.82 Å². The van der Waals surface area contributed by atoms with Crippen molar-refractivity contribution in [1.82, 2.24) is 0 Å².